The van der Waals surface area contributed by atoms with Crippen LogP contribution < -0.4 is 15.9 Å². The van der Waals surface area contributed by atoms with E-state index >= 15 is 4.57 Å². The first-order valence-electron chi connectivity index (χ1n) is 42.4. The van der Waals surface area contributed by atoms with Crippen LogP contribution in [0, 0.1) is 0 Å². The summed E-state index contributed by atoms with van der Waals surface area (Å²) >= 11 is 1.85. The summed E-state index contributed by atoms with van der Waals surface area (Å²) in [5, 5.41) is 11.7. The molecule has 0 atom stereocenters. The van der Waals surface area contributed by atoms with Crippen LogP contribution in [0.1, 0.15) is 0 Å². The molecular formula is C116H75N8OPS. The number of hydrogen-bond acceptors (Lipinski definition) is 10. The lowest BCUT2D eigenvalue weighted by atomic mass is 9.91. The second-order valence-corrected chi connectivity index (χ2v) is 35.3. The first-order valence-corrected chi connectivity index (χ1v) is 45.0. The molecule has 0 N–H and O–H groups in total. The molecule has 0 bridgehead atoms. The second kappa shape index (κ2) is 33.5. The topological polar surface area (TPSA) is 120 Å². The maximum absolute atomic E-state index is 15.1. The smallest absolute Gasteiger partial charge is 0.171 e. The van der Waals surface area contributed by atoms with E-state index in [4.69, 9.17) is 39.9 Å². The molecule has 0 spiro atoms. The number of hydrogen-bond donors (Lipinski definition) is 0. The predicted molar refractivity (Wildman–Crippen MR) is 528 cm³/mol. The summed E-state index contributed by atoms with van der Waals surface area (Å²) in [5.41, 5.74) is 22.8. The van der Waals surface area contributed by atoms with Crippen LogP contribution in [-0.4, -0.2) is 39.9 Å². The molecule has 0 saturated carbocycles. The van der Waals surface area contributed by atoms with E-state index < -0.39 is 7.14 Å². The van der Waals surface area contributed by atoms with E-state index in [9.17, 15) is 0 Å². The zero-order valence-corrected chi connectivity index (χ0v) is 70.4. The maximum Gasteiger partial charge on any atom is 0.171 e. The van der Waals surface area contributed by atoms with Crippen molar-refractivity contribution in [1.82, 2.24) is 39.9 Å². The summed E-state index contributed by atoms with van der Waals surface area (Å²) in [6.45, 7) is 0. The Morgan fingerprint density at radius 1 is 0.181 bits per heavy atom. The van der Waals surface area contributed by atoms with Crippen LogP contribution in [-0.2, 0) is 4.57 Å². The number of pyridine rings is 2. The Labute approximate surface area is 738 Å². The van der Waals surface area contributed by atoms with Crippen LogP contribution in [0.4, 0.5) is 0 Å². The quantitative estimate of drug-likeness (QED) is 0.0688. The van der Waals surface area contributed by atoms with Crippen molar-refractivity contribution in [2.24, 2.45) is 0 Å². The van der Waals surface area contributed by atoms with Crippen molar-refractivity contribution in [3.05, 3.63) is 455 Å². The summed E-state index contributed by atoms with van der Waals surface area (Å²) < 4.78 is 17.7. The molecule has 0 amide bonds. The first-order chi connectivity index (χ1) is 62.8. The van der Waals surface area contributed by atoms with Gasteiger partial charge in [0, 0.05) is 113 Å². The van der Waals surface area contributed by atoms with Crippen molar-refractivity contribution in [3.8, 4) is 146 Å². The van der Waals surface area contributed by atoms with E-state index in [2.05, 4.69) is 303 Å². The van der Waals surface area contributed by atoms with Crippen molar-refractivity contribution in [2.45, 2.75) is 0 Å². The molecule has 0 aliphatic rings. The standard InChI is InChI=1S/C58H39N4OP.C58H36N4S/c63-64(47-23-12-4-13-24-47,48-25-14-5-15-26-48)49-36-33-45(34-37-49)58-61-56(43-21-10-3-11-22-43)60-57(62-58)44-31-29-40(30-32-44)46-35-38-53-52(39-46)54-50(41-17-6-1-7-18-41)27-16-28-51(54)55(59-53)42-19-8-2-9-20-42;1-4-14-38(15-5-1)45-21-12-24-49-53(45)50-36-44(34-35-51(50)59-54(49)40-16-6-2-7-17-40)37-26-30-42(31-27-37)57-60-56(41-18-8-3-9-19-41)61-58(62-57)43-32-28-39(29-33-43)46-22-13-23-48-47-20-10-11-25-52(47)63-55(46)48/h1-39H;1-36H. The fraction of sp³-hybridized carbons (Fsp3) is 0. The molecular weight excluding hydrogens is 1580 g/mol. The highest BCUT2D eigenvalue weighted by atomic mass is 32.1. The maximum atomic E-state index is 15.1. The zero-order valence-electron chi connectivity index (χ0n) is 68.6. The van der Waals surface area contributed by atoms with Crippen LogP contribution >= 0.6 is 18.5 Å². The summed E-state index contributed by atoms with van der Waals surface area (Å²) in [5.74, 6) is 3.56. The highest BCUT2D eigenvalue weighted by molar-refractivity contribution is 7.85. The monoisotopic (exact) mass is 1660 g/mol. The van der Waals surface area contributed by atoms with Gasteiger partial charge in [-0.25, -0.2) is 39.9 Å². The van der Waals surface area contributed by atoms with E-state index in [0.717, 1.165) is 138 Å². The highest BCUT2D eigenvalue weighted by Gasteiger charge is 2.30. The lowest BCUT2D eigenvalue weighted by Gasteiger charge is -2.20. The van der Waals surface area contributed by atoms with Gasteiger partial charge in [-0.1, -0.05) is 425 Å². The van der Waals surface area contributed by atoms with Gasteiger partial charge in [-0.3, -0.25) is 0 Å². The Balaban J connectivity index is 0.000000150. The minimum absolute atomic E-state index is 0.534. The third-order valence-corrected chi connectivity index (χ3v) is 28.1. The Bertz CT molecular complexity index is 8040. The molecule has 0 radical (unpaired) electrons. The molecule has 0 saturated heterocycles. The molecule has 11 heteroatoms. The number of fused-ring (bicyclic) bond motifs is 9. The normalized spacial score (nSPS) is 11.5. The Kier molecular flexibility index (Phi) is 20.3. The number of nitrogens with zero attached hydrogens (tertiary/aromatic N) is 8. The van der Waals surface area contributed by atoms with Gasteiger partial charge in [-0.15, -0.1) is 11.3 Å². The fourth-order valence-electron chi connectivity index (χ4n) is 17.5. The molecule has 9 nitrogen and oxygen atoms in total. The third kappa shape index (κ3) is 14.9. The average Bonchev–Trinajstić information content (AvgIpc) is 1.38. The molecule has 5 aromatic heterocycles. The Hall–Kier alpha value is -16.2. The van der Waals surface area contributed by atoms with Crippen LogP contribution in [0.15, 0.2) is 455 Å². The van der Waals surface area contributed by atoms with Gasteiger partial charge < -0.3 is 4.57 Å². The van der Waals surface area contributed by atoms with Gasteiger partial charge >= 0.3 is 0 Å². The molecule has 18 aromatic carbocycles. The average molecular weight is 1660 g/mol. The molecule has 0 aliphatic carbocycles. The molecule has 0 unspecified atom stereocenters. The van der Waals surface area contributed by atoms with Gasteiger partial charge in [0.15, 0.2) is 42.1 Å². The number of rotatable bonds is 16. The summed E-state index contributed by atoms with van der Waals surface area (Å²) in [4.78, 5) is 40.8. The molecule has 127 heavy (non-hydrogen) atoms. The zero-order chi connectivity index (χ0) is 84.6. The molecule has 23 aromatic rings. The van der Waals surface area contributed by atoms with Crippen molar-refractivity contribution < 1.29 is 4.57 Å². The van der Waals surface area contributed by atoms with Crippen LogP contribution in [0.5, 0.6) is 0 Å². The number of thiophene rings is 1. The van der Waals surface area contributed by atoms with Gasteiger partial charge in [0.25, 0.3) is 0 Å². The molecule has 0 aliphatic heterocycles. The van der Waals surface area contributed by atoms with Gasteiger partial charge in [-0.2, -0.15) is 0 Å². The van der Waals surface area contributed by atoms with Crippen molar-refractivity contribution in [1.29, 1.82) is 0 Å². The summed E-state index contributed by atoms with van der Waals surface area (Å²) in [6.07, 6.45) is 0. The Morgan fingerprint density at radius 3 is 0.835 bits per heavy atom. The third-order valence-electron chi connectivity index (χ3n) is 23.8. The van der Waals surface area contributed by atoms with Crippen molar-refractivity contribution in [2.75, 3.05) is 0 Å². The number of benzene rings is 18. The molecule has 23 rings (SSSR count). The van der Waals surface area contributed by atoms with Crippen LogP contribution in [0.25, 0.3) is 210 Å². The van der Waals surface area contributed by atoms with Crippen molar-refractivity contribution >= 4 is 97.9 Å². The second-order valence-electron chi connectivity index (χ2n) is 31.5. The van der Waals surface area contributed by atoms with Gasteiger partial charge in [0.05, 0.1) is 22.4 Å². The lowest BCUT2D eigenvalue weighted by molar-refractivity contribution is 0.592. The van der Waals surface area contributed by atoms with E-state index in [1.165, 1.54) is 53.2 Å². The number of aromatic nitrogens is 8. The minimum atomic E-state index is -3.15. The predicted octanol–water partition coefficient (Wildman–Crippen LogP) is 28.8. The van der Waals surface area contributed by atoms with Crippen molar-refractivity contribution in [3.63, 3.8) is 0 Å². The first kappa shape index (κ1) is 76.9. The molecule has 5 heterocycles. The Morgan fingerprint density at radius 2 is 0.449 bits per heavy atom. The molecule has 0 fully saturated rings. The van der Waals surface area contributed by atoms with Gasteiger partial charge in [-0.05, 0) is 86.0 Å². The van der Waals surface area contributed by atoms with Gasteiger partial charge in [0.1, 0.15) is 0 Å². The van der Waals surface area contributed by atoms with Crippen LogP contribution in [0.2, 0.25) is 0 Å². The van der Waals surface area contributed by atoms with E-state index in [0.29, 0.717) is 34.9 Å². The lowest BCUT2D eigenvalue weighted by Crippen LogP contribution is -2.24. The molecule has 596 valence electrons. The SMILES string of the molecule is O=P(c1ccccc1)(c1ccccc1)c1ccc(-c2nc(-c3ccccc3)nc(-c3ccc(-c4ccc5nc(-c6ccccc6)c6cccc(-c7ccccc7)c6c5c4)cc3)n2)cc1.c1ccc(-c2nc(-c3ccc(-c4ccc5nc(-c6ccccc6)c6cccc(-c7ccccc7)c6c5c4)cc3)nc(-c3ccc(-c4cccc5c4sc4ccccc45)cc3)n2)cc1. The van der Waals surface area contributed by atoms with Gasteiger partial charge in [0.2, 0.25) is 0 Å². The van der Waals surface area contributed by atoms with Crippen LogP contribution in [0.3, 0.4) is 0 Å². The fourth-order valence-corrected chi connectivity index (χ4v) is 21.3. The highest BCUT2D eigenvalue weighted by Crippen LogP contribution is 2.47. The van der Waals surface area contributed by atoms with E-state index in [1.54, 1.807) is 0 Å². The largest absolute Gasteiger partial charge is 0.309 e. The summed E-state index contributed by atoms with van der Waals surface area (Å²) in [6, 6.07) is 157. The van der Waals surface area contributed by atoms with E-state index in [-0.39, 0.29) is 0 Å². The minimum Gasteiger partial charge on any atom is -0.309 e. The summed E-state index contributed by atoms with van der Waals surface area (Å²) in [7, 11) is -3.15. The van der Waals surface area contributed by atoms with E-state index in [1.807, 2.05) is 163 Å².